The summed E-state index contributed by atoms with van der Waals surface area (Å²) >= 11 is 0. The van der Waals surface area contributed by atoms with E-state index in [1.54, 1.807) is 0 Å². The Morgan fingerprint density at radius 1 is 1.06 bits per heavy atom. The molecule has 0 saturated carbocycles. The van der Waals surface area contributed by atoms with Crippen molar-refractivity contribution >= 4 is 13.2 Å². The molecule has 1 aromatic carbocycles. The average Bonchev–Trinajstić information content (AvgIpc) is 2.17. The Bertz CT molecular complexity index is 326. The SMILES string of the molecule is CCO[P+](O)(OCC)c1c(C)cccc1C. The Morgan fingerprint density at radius 3 is 1.88 bits per heavy atom. The van der Waals surface area contributed by atoms with Gasteiger partial charge >= 0.3 is 7.94 Å². The van der Waals surface area contributed by atoms with E-state index < -0.39 is 7.94 Å². The minimum Gasteiger partial charge on any atom is -0.188 e. The largest absolute Gasteiger partial charge is 0.446 e. The van der Waals surface area contributed by atoms with Crippen molar-refractivity contribution < 1.29 is 13.9 Å². The molecule has 0 aliphatic carbocycles. The van der Waals surface area contributed by atoms with Crippen LogP contribution < -0.4 is 5.30 Å². The van der Waals surface area contributed by atoms with Gasteiger partial charge in [-0.25, -0.2) is 0 Å². The minimum absolute atomic E-state index is 0.443. The van der Waals surface area contributed by atoms with Crippen LogP contribution in [0.2, 0.25) is 0 Å². The molecule has 0 radical (unpaired) electrons. The molecular weight excluding hydrogens is 223 g/mol. The highest BCUT2D eigenvalue weighted by Crippen LogP contribution is 2.56. The standard InChI is InChI=1S/C12H20O3P/c1-5-14-16(13,15-6-2)12-10(3)8-7-9-11(12)4/h7-9,13H,5-6H2,1-4H3/q+1. The third-order valence-corrected chi connectivity index (χ3v) is 4.82. The number of hydrogen-bond donors (Lipinski definition) is 1. The second-order valence-electron chi connectivity index (χ2n) is 3.60. The van der Waals surface area contributed by atoms with Gasteiger partial charge in [0.2, 0.25) is 0 Å². The minimum atomic E-state index is -2.90. The molecular formula is C12H20O3P+. The van der Waals surface area contributed by atoms with Crippen LogP contribution in [-0.2, 0) is 9.05 Å². The number of aryl methyl sites for hydroxylation is 2. The molecule has 3 nitrogen and oxygen atoms in total. The fourth-order valence-corrected chi connectivity index (χ4v) is 3.84. The van der Waals surface area contributed by atoms with E-state index in [0.717, 1.165) is 16.4 Å². The van der Waals surface area contributed by atoms with Crippen molar-refractivity contribution in [1.29, 1.82) is 0 Å². The number of hydrogen-bond acceptors (Lipinski definition) is 3. The van der Waals surface area contributed by atoms with E-state index in [4.69, 9.17) is 9.05 Å². The Hall–Kier alpha value is -0.470. The normalized spacial score (nSPS) is 11.8. The molecule has 90 valence electrons. The van der Waals surface area contributed by atoms with Gasteiger partial charge in [-0.3, -0.25) is 0 Å². The summed E-state index contributed by atoms with van der Waals surface area (Å²) in [7, 11) is -2.90. The smallest absolute Gasteiger partial charge is 0.188 e. The van der Waals surface area contributed by atoms with Crippen LogP contribution in [0, 0.1) is 13.8 Å². The van der Waals surface area contributed by atoms with Gasteiger partial charge in [-0.15, -0.1) is 0 Å². The summed E-state index contributed by atoms with van der Waals surface area (Å²) in [4.78, 5) is 10.5. The van der Waals surface area contributed by atoms with Gasteiger partial charge in [0.15, 0.2) is 5.30 Å². The first-order valence-corrected chi connectivity index (χ1v) is 7.10. The zero-order chi connectivity index (χ0) is 12.2. The summed E-state index contributed by atoms with van der Waals surface area (Å²) in [5, 5.41) is 0.818. The van der Waals surface area contributed by atoms with Crippen molar-refractivity contribution in [1.82, 2.24) is 0 Å². The van der Waals surface area contributed by atoms with Crippen LogP contribution in [0.25, 0.3) is 0 Å². The first-order valence-electron chi connectivity index (χ1n) is 5.52. The molecule has 0 unspecified atom stereocenters. The fraction of sp³-hybridized carbons (Fsp3) is 0.500. The van der Waals surface area contributed by atoms with Crippen LogP contribution in [0.1, 0.15) is 25.0 Å². The lowest BCUT2D eigenvalue weighted by Gasteiger charge is -2.18. The van der Waals surface area contributed by atoms with Crippen LogP contribution in [0.15, 0.2) is 18.2 Å². The molecule has 0 aromatic heterocycles. The lowest BCUT2D eigenvalue weighted by molar-refractivity contribution is 0.200. The molecule has 1 aromatic rings. The van der Waals surface area contributed by atoms with Crippen LogP contribution in [0.5, 0.6) is 0 Å². The van der Waals surface area contributed by atoms with Crippen molar-refractivity contribution in [2.75, 3.05) is 13.2 Å². The lowest BCUT2D eigenvalue weighted by atomic mass is 10.2. The van der Waals surface area contributed by atoms with Gasteiger partial charge in [-0.2, -0.15) is 13.9 Å². The Morgan fingerprint density at radius 2 is 1.50 bits per heavy atom. The van der Waals surface area contributed by atoms with Gasteiger partial charge < -0.3 is 0 Å². The van der Waals surface area contributed by atoms with E-state index in [2.05, 4.69) is 0 Å². The van der Waals surface area contributed by atoms with E-state index in [0.29, 0.717) is 13.2 Å². The van der Waals surface area contributed by atoms with Crippen LogP contribution in [0.3, 0.4) is 0 Å². The van der Waals surface area contributed by atoms with Gasteiger partial charge in [0.25, 0.3) is 0 Å². The van der Waals surface area contributed by atoms with Gasteiger partial charge in [0.05, 0.1) is 13.2 Å². The molecule has 0 amide bonds. The summed E-state index contributed by atoms with van der Waals surface area (Å²) in [5.41, 5.74) is 2.02. The molecule has 1 N–H and O–H groups in total. The second kappa shape index (κ2) is 5.74. The third kappa shape index (κ3) is 2.80. The zero-order valence-electron chi connectivity index (χ0n) is 10.4. The molecule has 0 fully saturated rings. The molecule has 0 heterocycles. The first kappa shape index (κ1) is 13.6. The lowest BCUT2D eigenvalue weighted by Crippen LogP contribution is -2.21. The van der Waals surface area contributed by atoms with Crippen LogP contribution >= 0.6 is 7.94 Å². The van der Waals surface area contributed by atoms with Crippen molar-refractivity contribution in [2.45, 2.75) is 27.7 Å². The number of rotatable bonds is 5. The summed E-state index contributed by atoms with van der Waals surface area (Å²) in [5.74, 6) is 0. The summed E-state index contributed by atoms with van der Waals surface area (Å²) < 4.78 is 10.9. The van der Waals surface area contributed by atoms with Gasteiger partial charge in [0, 0.05) is 0 Å². The zero-order valence-corrected chi connectivity index (χ0v) is 11.3. The van der Waals surface area contributed by atoms with Crippen molar-refractivity contribution in [2.24, 2.45) is 0 Å². The van der Waals surface area contributed by atoms with Gasteiger partial charge in [-0.05, 0) is 38.8 Å². The highest BCUT2D eigenvalue weighted by atomic mass is 31.2. The molecule has 0 aliphatic rings. The topological polar surface area (TPSA) is 38.7 Å². The molecule has 0 atom stereocenters. The van der Waals surface area contributed by atoms with Crippen molar-refractivity contribution in [3.05, 3.63) is 29.3 Å². The predicted octanol–water partition coefficient (Wildman–Crippen LogP) is 2.76. The average molecular weight is 243 g/mol. The monoisotopic (exact) mass is 243 g/mol. The van der Waals surface area contributed by atoms with E-state index in [9.17, 15) is 4.89 Å². The second-order valence-corrected chi connectivity index (χ2v) is 5.60. The fourth-order valence-electron chi connectivity index (χ4n) is 1.77. The quantitative estimate of drug-likeness (QED) is 0.808. The Labute approximate surface area is 98.0 Å². The summed E-state index contributed by atoms with van der Waals surface area (Å²) in [6, 6.07) is 5.90. The molecule has 0 saturated heterocycles. The van der Waals surface area contributed by atoms with E-state index >= 15 is 0 Å². The molecule has 16 heavy (non-hydrogen) atoms. The third-order valence-electron chi connectivity index (χ3n) is 2.33. The van der Waals surface area contributed by atoms with Gasteiger partial charge in [-0.1, -0.05) is 18.2 Å². The van der Waals surface area contributed by atoms with E-state index in [-0.39, 0.29) is 0 Å². The number of benzene rings is 1. The highest BCUT2D eigenvalue weighted by molar-refractivity contribution is 7.68. The molecule has 1 rings (SSSR count). The molecule has 0 aliphatic heterocycles. The van der Waals surface area contributed by atoms with E-state index in [1.807, 2.05) is 45.9 Å². The maximum absolute atomic E-state index is 10.5. The van der Waals surface area contributed by atoms with E-state index in [1.165, 1.54) is 0 Å². The summed E-state index contributed by atoms with van der Waals surface area (Å²) in [6.45, 7) is 8.53. The van der Waals surface area contributed by atoms with Crippen molar-refractivity contribution in [3.8, 4) is 0 Å². The van der Waals surface area contributed by atoms with Crippen LogP contribution in [0.4, 0.5) is 0 Å². The maximum Gasteiger partial charge on any atom is 0.446 e. The van der Waals surface area contributed by atoms with Crippen LogP contribution in [-0.4, -0.2) is 18.1 Å². The first-order chi connectivity index (χ1) is 7.55. The molecule has 0 bridgehead atoms. The van der Waals surface area contributed by atoms with Gasteiger partial charge in [0.1, 0.15) is 0 Å². The molecule has 4 heteroatoms. The highest BCUT2D eigenvalue weighted by Gasteiger charge is 2.46. The Kier molecular flexibility index (Phi) is 4.88. The Balaban J connectivity index is 3.19. The van der Waals surface area contributed by atoms with Crippen molar-refractivity contribution in [3.63, 3.8) is 0 Å². The summed E-state index contributed by atoms with van der Waals surface area (Å²) in [6.07, 6.45) is 0. The predicted molar refractivity (Wildman–Crippen MR) is 67.9 cm³/mol. The molecule has 0 spiro atoms. The maximum atomic E-state index is 10.5.